The monoisotopic (exact) mass is 278 g/mol. The highest BCUT2D eigenvalue weighted by Crippen LogP contribution is 2.30. The molecule has 0 aliphatic heterocycles. The minimum atomic E-state index is -0.247. The Bertz CT molecular complexity index is 560. The summed E-state index contributed by atoms with van der Waals surface area (Å²) in [5.41, 5.74) is 0.459. The summed E-state index contributed by atoms with van der Waals surface area (Å²) in [7, 11) is 0. The third-order valence-electron chi connectivity index (χ3n) is 2.80. The Hall–Kier alpha value is -2.08. The first-order valence-corrected chi connectivity index (χ1v) is 6.49. The third-order valence-corrected chi connectivity index (χ3v) is 2.80. The van der Waals surface area contributed by atoms with Gasteiger partial charge < -0.3 is 19.5 Å². The standard InChI is InChI=1S/C14H18N2O4/c1-4-19-12(8(2)3)13-15-14(20-16-13)9-5-10(17)7-11(18)6-9/h5-8,12,17-18H,4H2,1-3H3. The maximum absolute atomic E-state index is 9.47. The van der Waals surface area contributed by atoms with Crippen LogP contribution in [0, 0.1) is 5.92 Å². The van der Waals surface area contributed by atoms with E-state index in [2.05, 4.69) is 10.1 Å². The lowest BCUT2D eigenvalue weighted by molar-refractivity contribution is 0.0217. The van der Waals surface area contributed by atoms with Crippen LogP contribution < -0.4 is 0 Å². The van der Waals surface area contributed by atoms with Crippen molar-refractivity contribution in [1.29, 1.82) is 0 Å². The molecule has 2 aromatic rings. The molecule has 2 rings (SSSR count). The molecule has 0 saturated carbocycles. The van der Waals surface area contributed by atoms with E-state index in [4.69, 9.17) is 9.26 Å². The van der Waals surface area contributed by atoms with E-state index in [0.29, 0.717) is 18.0 Å². The molecule has 20 heavy (non-hydrogen) atoms. The Morgan fingerprint density at radius 1 is 1.20 bits per heavy atom. The van der Waals surface area contributed by atoms with Crippen molar-refractivity contribution in [3.63, 3.8) is 0 Å². The van der Waals surface area contributed by atoms with Crippen molar-refractivity contribution in [3.05, 3.63) is 24.0 Å². The van der Waals surface area contributed by atoms with Crippen LogP contribution in [0.3, 0.4) is 0 Å². The van der Waals surface area contributed by atoms with Crippen LogP contribution in [0.5, 0.6) is 11.5 Å². The number of rotatable bonds is 5. The van der Waals surface area contributed by atoms with Crippen LogP contribution in [-0.4, -0.2) is 27.0 Å². The molecule has 0 aliphatic carbocycles. The van der Waals surface area contributed by atoms with Crippen LogP contribution >= 0.6 is 0 Å². The number of aromatic hydroxyl groups is 2. The Labute approximate surface area is 117 Å². The van der Waals surface area contributed by atoms with E-state index in [1.54, 1.807) is 0 Å². The smallest absolute Gasteiger partial charge is 0.258 e. The molecule has 1 unspecified atom stereocenters. The van der Waals surface area contributed by atoms with Gasteiger partial charge in [0.2, 0.25) is 5.82 Å². The molecule has 0 bridgehead atoms. The van der Waals surface area contributed by atoms with E-state index < -0.39 is 0 Å². The number of hydrogen-bond acceptors (Lipinski definition) is 6. The number of phenols is 2. The summed E-state index contributed by atoms with van der Waals surface area (Å²) in [6.45, 7) is 6.48. The summed E-state index contributed by atoms with van der Waals surface area (Å²) in [6.07, 6.45) is -0.247. The summed E-state index contributed by atoms with van der Waals surface area (Å²) < 4.78 is 10.8. The van der Waals surface area contributed by atoms with Gasteiger partial charge in [-0.1, -0.05) is 19.0 Å². The second-order valence-corrected chi connectivity index (χ2v) is 4.82. The Balaban J connectivity index is 2.32. The summed E-state index contributed by atoms with van der Waals surface area (Å²) in [4.78, 5) is 4.28. The molecule has 108 valence electrons. The van der Waals surface area contributed by atoms with Crippen LogP contribution in [-0.2, 0) is 4.74 Å². The fourth-order valence-corrected chi connectivity index (χ4v) is 1.93. The number of ether oxygens (including phenoxy) is 1. The minimum Gasteiger partial charge on any atom is -0.508 e. The highest BCUT2D eigenvalue weighted by Gasteiger charge is 2.22. The maximum atomic E-state index is 9.47. The Morgan fingerprint density at radius 2 is 1.85 bits per heavy atom. The molecular weight excluding hydrogens is 260 g/mol. The lowest BCUT2D eigenvalue weighted by atomic mass is 10.1. The van der Waals surface area contributed by atoms with Gasteiger partial charge in [0.15, 0.2) is 0 Å². The molecule has 0 spiro atoms. The number of nitrogens with zero attached hydrogens (tertiary/aromatic N) is 2. The fraction of sp³-hybridized carbons (Fsp3) is 0.429. The number of benzene rings is 1. The molecule has 1 aromatic carbocycles. The third kappa shape index (κ3) is 3.08. The molecule has 1 atom stereocenters. The Kier molecular flexibility index (Phi) is 4.24. The molecule has 6 heteroatoms. The first kappa shape index (κ1) is 14.3. The first-order chi connectivity index (χ1) is 9.51. The van der Waals surface area contributed by atoms with Crippen molar-refractivity contribution in [2.45, 2.75) is 26.9 Å². The van der Waals surface area contributed by atoms with Crippen molar-refractivity contribution in [2.75, 3.05) is 6.61 Å². The van der Waals surface area contributed by atoms with E-state index in [0.717, 1.165) is 0 Å². The topological polar surface area (TPSA) is 88.6 Å². The second kappa shape index (κ2) is 5.92. The molecule has 2 N–H and O–H groups in total. The predicted octanol–water partition coefficient (Wildman–Crippen LogP) is 2.88. The molecule has 0 aliphatic rings. The van der Waals surface area contributed by atoms with Crippen LogP contribution in [0.15, 0.2) is 22.7 Å². The lowest BCUT2D eigenvalue weighted by Gasteiger charge is -2.16. The van der Waals surface area contributed by atoms with Crippen LogP contribution in [0.2, 0.25) is 0 Å². The largest absolute Gasteiger partial charge is 0.508 e. The van der Waals surface area contributed by atoms with Crippen molar-refractivity contribution in [3.8, 4) is 23.0 Å². The SMILES string of the molecule is CCOC(c1noc(-c2cc(O)cc(O)c2)n1)C(C)C. The van der Waals surface area contributed by atoms with E-state index in [1.807, 2.05) is 20.8 Å². The second-order valence-electron chi connectivity index (χ2n) is 4.82. The van der Waals surface area contributed by atoms with Crippen LogP contribution in [0.1, 0.15) is 32.7 Å². The van der Waals surface area contributed by atoms with Gasteiger partial charge >= 0.3 is 0 Å². The average molecular weight is 278 g/mol. The van der Waals surface area contributed by atoms with Crippen molar-refractivity contribution < 1.29 is 19.5 Å². The summed E-state index contributed by atoms with van der Waals surface area (Å²) >= 11 is 0. The zero-order chi connectivity index (χ0) is 14.7. The molecule has 1 aromatic heterocycles. The highest BCUT2D eigenvalue weighted by atomic mass is 16.5. The van der Waals surface area contributed by atoms with Gasteiger partial charge in [0.25, 0.3) is 5.89 Å². The van der Waals surface area contributed by atoms with Crippen LogP contribution in [0.4, 0.5) is 0 Å². The first-order valence-electron chi connectivity index (χ1n) is 6.49. The molecule has 6 nitrogen and oxygen atoms in total. The van der Waals surface area contributed by atoms with Gasteiger partial charge in [-0.05, 0) is 25.0 Å². The zero-order valence-corrected chi connectivity index (χ0v) is 11.7. The molecule has 0 fully saturated rings. The van der Waals surface area contributed by atoms with Gasteiger partial charge in [-0.15, -0.1) is 0 Å². The van der Waals surface area contributed by atoms with Gasteiger partial charge in [-0.2, -0.15) is 4.98 Å². The molecular formula is C14H18N2O4. The lowest BCUT2D eigenvalue weighted by Crippen LogP contribution is -2.12. The van der Waals surface area contributed by atoms with Gasteiger partial charge in [-0.3, -0.25) is 0 Å². The number of hydrogen-bond donors (Lipinski definition) is 2. The number of phenolic OH excluding ortho intramolecular Hbond substituents is 2. The molecule has 0 amide bonds. The van der Waals surface area contributed by atoms with Crippen molar-refractivity contribution in [2.24, 2.45) is 5.92 Å². The van der Waals surface area contributed by atoms with E-state index >= 15 is 0 Å². The average Bonchev–Trinajstić information content (AvgIpc) is 2.83. The molecule has 0 radical (unpaired) electrons. The quantitative estimate of drug-likeness (QED) is 0.874. The van der Waals surface area contributed by atoms with Crippen LogP contribution in [0.25, 0.3) is 11.5 Å². The summed E-state index contributed by atoms with van der Waals surface area (Å²) in [5, 5.41) is 22.9. The van der Waals surface area contributed by atoms with E-state index in [1.165, 1.54) is 18.2 Å². The summed E-state index contributed by atoms with van der Waals surface area (Å²) in [5.74, 6) is 0.768. The van der Waals surface area contributed by atoms with Gasteiger partial charge in [0, 0.05) is 18.2 Å². The van der Waals surface area contributed by atoms with Gasteiger partial charge in [0.05, 0.1) is 0 Å². The van der Waals surface area contributed by atoms with E-state index in [9.17, 15) is 10.2 Å². The van der Waals surface area contributed by atoms with Crippen molar-refractivity contribution >= 4 is 0 Å². The summed E-state index contributed by atoms with van der Waals surface area (Å²) in [6, 6.07) is 4.13. The Morgan fingerprint density at radius 3 is 2.40 bits per heavy atom. The minimum absolute atomic E-state index is 0.0648. The van der Waals surface area contributed by atoms with Crippen molar-refractivity contribution in [1.82, 2.24) is 10.1 Å². The van der Waals surface area contributed by atoms with Gasteiger partial charge in [0.1, 0.15) is 17.6 Å². The number of aromatic nitrogens is 2. The van der Waals surface area contributed by atoms with Gasteiger partial charge in [-0.25, -0.2) is 0 Å². The van der Waals surface area contributed by atoms with E-state index in [-0.39, 0.29) is 29.4 Å². The normalized spacial score (nSPS) is 12.8. The highest BCUT2D eigenvalue weighted by molar-refractivity contribution is 5.58. The molecule has 1 heterocycles. The molecule has 0 saturated heterocycles. The maximum Gasteiger partial charge on any atom is 0.258 e. The fourth-order valence-electron chi connectivity index (χ4n) is 1.93. The predicted molar refractivity (Wildman–Crippen MR) is 72.3 cm³/mol. The zero-order valence-electron chi connectivity index (χ0n) is 11.7.